The van der Waals surface area contributed by atoms with Crippen LogP contribution in [0.5, 0.6) is 5.75 Å². The number of morpholine rings is 1. The minimum Gasteiger partial charge on any atom is -0.492 e. The molecule has 0 spiro atoms. The first kappa shape index (κ1) is 19.3. The molecule has 24 heavy (non-hydrogen) atoms. The largest absolute Gasteiger partial charge is 0.492 e. The number of ether oxygens (including phenoxy) is 2. The van der Waals surface area contributed by atoms with E-state index in [2.05, 4.69) is 31.5 Å². The zero-order valence-corrected chi connectivity index (χ0v) is 15.9. The maximum atomic E-state index is 11.7. The molecule has 2 N–H and O–H groups in total. The number of nitrogens with one attached hydrogen (secondary N) is 2. The predicted octanol–water partition coefficient (Wildman–Crippen LogP) is 2.50. The van der Waals surface area contributed by atoms with Gasteiger partial charge in [0.1, 0.15) is 5.75 Å². The molecule has 1 aromatic rings. The van der Waals surface area contributed by atoms with E-state index in [0.717, 1.165) is 37.3 Å². The normalized spacial score (nSPS) is 15.1. The highest BCUT2D eigenvalue weighted by Gasteiger charge is 2.09. The molecule has 1 aromatic carbocycles. The smallest absolute Gasteiger partial charge is 0.314 e. The minimum absolute atomic E-state index is 0.148. The van der Waals surface area contributed by atoms with Gasteiger partial charge in [0.15, 0.2) is 0 Å². The molecule has 0 bridgehead atoms. The van der Waals surface area contributed by atoms with Gasteiger partial charge in [-0.2, -0.15) is 0 Å². The molecular formula is C16H23BrClN3O3. The molecule has 0 saturated carbocycles. The van der Waals surface area contributed by atoms with Crippen molar-refractivity contribution in [1.82, 2.24) is 15.5 Å². The lowest BCUT2D eigenvalue weighted by Gasteiger charge is -2.26. The molecule has 0 aromatic heterocycles. The van der Waals surface area contributed by atoms with Gasteiger partial charge in [-0.05, 0) is 24.6 Å². The van der Waals surface area contributed by atoms with Crippen molar-refractivity contribution in [2.75, 3.05) is 52.5 Å². The van der Waals surface area contributed by atoms with Crippen LogP contribution in [-0.2, 0) is 4.74 Å². The number of carbonyl (C=O) groups is 1. The van der Waals surface area contributed by atoms with E-state index < -0.39 is 0 Å². The summed E-state index contributed by atoms with van der Waals surface area (Å²) < 4.78 is 11.8. The highest BCUT2D eigenvalue weighted by molar-refractivity contribution is 9.10. The first-order valence-electron chi connectivity index (χ1n) is 8.05. The summed E-state index contributed by atoms with van der Waals surface area (Å²) in [5.41, 5.74) is 0. The molecular weight excluding hydrogens is 398 g/mol. The number of nitrogens with zero attached hydrogens (tertiary/aromatic N) is 1. The Morgan fingerprint density at radius 2 is 2.04 bits per heavy atom. The molecule has 2 amide bonds. The van der Waals surface area contributed by atoms with Crippen molar-refractivity contribution in [1.29, 1.82) is 0 Å². The van der Waals surface area contributed by atoms with Gasteiger partial charge in [0, 0.05) is 37.2 Å². The van der Waals surface area contributed by atoms with Gasteiger partial charge in [-0.15, -0.1) is 0 Å². The van der Waals surface area contributed by atoms with E-state index in [9.17, 15) is 4.79 Å². The van der Waals surface area contributed by atoms with Crippen LogP contribution in [0.2, 0.25) is 5.02 Å². The van der Waals surface area contributed by atoms with Crippen LogP contribution in [0.1, 0.15) is 6.42 Å². The summed E-state index contributed by atoms with van der Waals surface area (Å²) >= 11 is 9.41. The number of amides is 2. The monoisotopic (exact) mass is 419 g/mol. The second-order valence-corrected chi connectivity index (χ2v) is 6.74. The number of hydrogen-bond donors (Lipinski definition) is 2. The highest BCUT2D eigenvalue weighted by Crippen LogP contribution is 2.27. The number of urea groups is 1. The summed E-state index contributed by atoms with van der Waals surface area (Å²) in [5, 5.41) is 6.24. The fourth-order valence-electron chi connectivity index (χ4n) is 2.26. The Hall–Kier alpha value is -1.02. The molecule has 0 radical (unpaired) electrons. The topological polar surface area (TPSA) is 62.8 Å². The third-order valence-electron chi connectivity index (χ3n) is 3.58. The van der Waals surface area contributed by atoms with Crippen molar-refractivity contribution in [2.45, 2.75) is 6.42 Å². The second-order valence-electron chi connectivity index (χ2n) is 5.41. The summed E-state index contributed by atoms with van der Waals surface area (Å²) in [6, 6.07) is 5.33. The Balaban J connectivity index is 1.49. The van der Waals surface area contributed by atoms with Crippen LogP contribution in [0.4, 0.5) is 4.79 Å². The quantitative estimate of drug-likeness (QED) is 0.634. The molecule has 8 heteroatoms. The van der Waals surface area contributed by atoms with Gasteiger partial charge in [-0.1, -0.05) is 27.5 Å². The fraction of sp³-hybridized carbons (Fsp3) is 0.562. The van der Waals surface area contributed by atoms with Gasteiger partial charge in [-0.25, -0.2) is 4.79 Å². The number of hydrogen-bond acceptors (Lipinski definition) is 4. The molecule has 1 aliphatic heterocycles. The van der Waals surface area contributed by atoms with E-state index in [1.165, 1.54) is 0 Å². The van der Waals surface area contributed by atoms with Crippen molar-refractivity contribution >= 4 is 33.6 Å². The van der Waals surface area contributed by atoms with E-state index >= 15 is 0 Å². The van der Waals surface area contributed by atoms with Crippen LogP contribution >= 0.6 is 27.5 Å². The molecule has 1 heterocycles. The van der Waals surface area contributed by atoms with E-state index in [0.29, 0.717) is 36.9 Å². The summed E-state index contributed by atoms with van der Waals surface area (Å²) in [6.07, 6.45) is 0.712. The summed E-state index contributed by atoms with van der Waals surface area (Å²) in [7, 11) is 0. The molecule has 6 nitrogen and oxygen atoms in total. The number of carbonyl (C=O) groups excluding carboxylic acids is 1. The maximum absolute atomic E-state index is 11.7. The Morgan fingerprint density at radius 1 is 1.29 bits per heavy atom. The zero-order valence-electron chi connectivity index (χ0n) is 13.5. The summed E-state index contributed by atoms with van der Waals surface area (Å²) in [5.74, 6) is 0.648. The van der Waals surface area contributed by atoms with E-state index in [4.69, 9.17) is 21.1 Å². The average molecular weight is 421 g/mol. The van der Waals surface area contributed by atoms with Gasteiger partial charge in [-0.3, -0.25) is 4.90 Å². The fourth-order valence-corrected chi connectivity index (χ4v) is 2.99. The van der Waals surface area contributed by atoms with Crippen LogP contribution < -0.4 is 15.4 Å². The predicted molar refractivity (Wildman–Crippen MR) is 97.9 cm³/mol. The lowest BCUT2D eigenvalue weighted by molar-refractivity contribution is 0.0387. The molecule has 0 atom stereocenters. The van der Waals surface area contributed by atoms with Crippen molar-refractivity contribution in [2.24, 2.45) is 0 Å². The first-order valence-corrected chi connectivity index (χ1v) is 9.22. The lowest BCUT2D eigenvalue weighted by atomic mass is 10.3. The van der Waals surface area contributed by atoms with Gasteiger partial charge >= 0.3 is 6.03 Å². The molecule has 1 fully saturated rings. The van der Waals surface area contributed by atoms with Crippen molar-refractivity contribution in [3.05, 3.63) is 27.7 Å². The van der Waals surface area contributed by atoms with Gasteiger partial charge < -0.3 is 20.1 Å². The van der Waals surface area contributed by atoms with Crippen LogP contribution in [-0.4, -0.2) is 63.5 Å². The first-order chi connectivity index (χ1) is 11.6. The number of rotatable bonds is 8. The number of halogens is 2. The van der Waals surface area contributed by atoms with E-state index in [1.54, 1.807) is 6.07 Å². The summed E-state index contributed by atoms with van der Waals surface area (Å²) in [6.45, 7) is 5.94. The molecule has 2 rings (SSSR count). The summed E-state index contributed by atoms with van der Waals surface area (Å²) in [4.78, 5) is 14.0. The lowest BCUT2D eigenvalue weighted by Crippen LogP contribution is -2.44. The van der Waals surface area contributed by atoms with Crippen molar-refractivity contribution in [3.63, 3.8) is 0 Å². The molecule has 1 saturated heterocycles. The Bertz CT molecular complexity index is 527. The molecule has 134 valence electrons. The second kappa shape index (κ2) is 10.8. The minimum atomic E-state index is -0.148. The average Bonchev–Trinajstić information content (AvgIpc) is 2.57. The zero-order chi connectivity index (χ0) is 17.2. The maximum Gasteiger partial charge on any atom is 0.314 e. The Morgan fingerprint density at radius 3 is 2.79 bits per heavy atom. The Kier molecular flexibility index (Phi) is 8.66. The standard InChI is InChI=1S/C16H23BrClN3O3/c17-13-2-3-15(14(18)12-13)24-9-1-4-19-16(22)20-5-6-21-7-10-23-11-8-21/h2-3,12H,1,4-11H2,(H2,19,20,22). The molecule has 0 unspecified atom stereocenters. The third-order valence-corrected chi connectivity index (χ3v) is 4.36. The van der Waals surface area contributed by atoms with Gasteiger partial charge in [0.2, 0.25) is 0 Å². The SMILES string of the molecule is O=C(NCCCOc1ccc(Br)cc1Cl)NCCN1CCOCC1. The number of benzene rings is 1. The van der Waals surface area contributed by atoms with Crippen LogP contribution in [0.25, 0.3) is 0 Å². The van der Waals surface area contributed by atoms with Crippen molar-refractivity contribution in [3.8, 4) is 5.75 Å². The van der Waals surface area contributed by atoms with E-state index in [-0.39, 0.29) is 6.03 Å². The Labute approximate surface area is 155 Å². The van der Waals surface area contributed by atoms with Gasteiger partial charge in [0.25, 0.3) is 0 Å². The van der Waals surface area contributed by atoms with Crippen LogP contribution in [0.15, 0.2) is 22.7 Å². The van der Waals surface area contributed by atoms with Crippen LogP contribution in [0, 0.1) is 0 Å². The van der Waals surface area contributed by atoms with Crippen LogP contribution in [0.3, 0.4) is 0 Å². The third kappa shape index (κ3) is 7.25. The molecule has 1 aliphatic rings. The van der Waals surface area contributed by atoms with Gasteiger partial charge in [0.05, 0.1) is 24.8 Å². The molecule has 0 aliphatic carbocycles. The van der Waals surface area contributed by atoms with E-state index in [1.807, 2.05) is 12.1 Å². The van der Waals surface area contributed by atoms with Crippen molar-refractivity contribution < 1.29 is 14.3 Å². The highest BCUT2D eigenvalue weighted by atomic mass is 79.9.